The molecule has 10 heteroatoms. The van der Waals surface area contributed by atoms with Gasteiger partial charge in [0, 0.05) is 22.7 Å². The second-order valence-electron chi connectivity index (χ2n) is 5.69. The molecule has 9 nitrogen and oxygen atoms in total. The summed E-state index contributed by atoms with van der Waals surface area (Å²) in [7, 11) is 0. The number of nitro groups is 1. The van der Waals surface area contributed by atoms with Crippen molar-refractivity contribution >= 4 is 41.2 Å². The van der Waals surface area contributed by atoms with E-state index in [1.54, 1.807) is 12.1 Å². The number of hydrogen-bond acceptors (Lipinski definition) is 6. The smallest absolute Gasteiger partial charge is 0.328 e. The molecule has 0 aliphatic carbocycles. The number of barbiturate groups is 1. The van der Waals surface area contributed by atoms with Gasteiger partial charge in [-0.2, -0.15) is 0 Å². The van der Waals surface area contributed by atoms with Crippen LogP contribution in [0, 0.1) is 10.1 Å². The lowest BCUT2D eigenvalue weighted by molar-refractivity contribution is -0.384. The van der Waals surface area contributed by atoms with Crippen LogP contribution in [0.25, 0.3) is 6.08 Å². The van der Waals surface area contributed by atoms with Crippen LogP contribution in [0.4, 0.5) is 10.5 Å². The SMILES string of the molecule is O=C1NC(=O)C(=Cc2cc(Cl)ccc2OCc2cccc([N+](=O)[O-])c2)C(=O)N1. The molecule has 1 saturated heterocycles. The van der Waals surface area contributed by atoms with Gasteiger partial charge in [-0.15, -0.1) is 0 Å². The molecular formula is C18H12ClN3O6. The highest BCUT2D eigenvalue weighted by molar-refractivity contribution is 6.32. The van der Waals surface area contributed by atoms with E-state index < -0.39 is 22.8 Å². The van der Waals surface area contributed by atoms with Gasteiger partial charge in [-0.25, -0.2) is 4.79 Å². The number of amides is 4. The molecule has 1 fully saturated rings. The third-order valence-electron chi connectivity index (χ3n) is 3.73. The maximum atomic E-state index is 11.9. The second kappa shape index (κ2) is 7.89. The third kappa shape index (κ3) is 4.33. The van der Waals surface area contributed by atoms with Gasteiger partial charge in [-0.3, -0.25) is 30.3 Å². The number of benzene rings is 2. The summed E-state index contributed by atoms with van der Waals surface area (Å²) >= 11 is 5.99. The van der Waals surface area contributed by atoms with Gasteiger partial charge >= 0.3 is 6.03 Å². The number of urea groups is 1. The van der Waals surface area contributed by atoms with E-state index in [0.29, 0.717) is 21.9 Å². The fraction of sp³-hybridized carbons (Fsp3) is 0.0556. The first kappa shape index (κ1) is 19.1. The number of rotatable bonds is 5. The van der Waals surface area contributed by atoms with Gasteiger partial charge in [0.05, 0.1) is 4.92 Å². The van der Waals surface area contributed by atoms with Crippen LogP contribution in [0.3, 0.4) is 0 Å². The first-order chi connectivity index (χ1) is 13.3. The number of halogens is 1. The van der Waals surface area contributed by atoms with E-state index in [0.717, 1.165) is 0 Å². The summed E-state index contributed by atoms with van der Waals surface area (Å²) in [6, 6.07) is 9.61. The summed E-state index contributed by atoms with van der Waals surface area (Å²) in [6.45, 7) is 0.0103. The maximum absolute atomic E-state index is 11.9. The number of nitrogens with zero attached hydrogens (tertiary/aromatic N) is 1. The standard InChI is InChI=1S/C18H12ClN3O6/c19-12-4-5-15(28-9-10-2-1-3-13(6-10)22(26)27)11(7-12)8-14-16(23)20-18(25)21-17(14)24/h1-8H,9H2,(H2,20,21,23,24,25). The van der Waals surface area contributed by atoms with Gasteiger partial charge in [-0.05, 0) is 29.8 Å². The van der Waals surface area contributed by atoms with Crippen LogP contribution in [0.2, 0.25) is 5.02 Å². The molecule has 0 spiro atoms. The predicted octanol–water partition coefficient (Wildman–Crippen LogP) is 2.58. The molecule has 0 saturated carbocycles. The minimum Gasteiger partial charge on any atom is -0.488 e. The lowest BCUT2D eigenvalue weighted by atomic mass is 10.1. The van der Waals surface area contributed by atoms with E-state index in [-0.39, 0.29) is 17.9 Å². The van der Waals surface area contributed by atoms with Crippen LogP contribution in [0.5, 0.6) is 5.75 Å². The molecule has 1 aliphatic rings. The van der Waals surface area contributed by atoms with Gasteiger partial charge in [0.25, 0.3) is 17.5 Å². The van der Waals surface area contributed by atoms with Gasteiger partial charge in [0.15, 0.2) is 0 Å². The summed E-state index contributed by atoms with van der Waals surface area (Å²) in [6.07, 6.45) is 1.24. The Morgan fingerprint density at radius 3 is 2.46 bits per heavy atom. The lowest BCUT2D eigenvalue weighted by Crippen LogP contribution is -2.51. The number of non-ortho nitro benzene ring substituents is 1. The molecule has 2 aromatic carbocycles. The maximum Gasteiger partial charge on any atom is 0.328 e. The van der Waals surface area contributed by atoms with Crippen LogP contribution in [-0.2, 0) is 16.2 Å². The van der Waals surface area contributed by atoms with Crippen molar-refractivity contribution in [2.45, 2.75) is 6.61 Å². The summed E-state index contributed by atoms with van der Waals surface area (Å²) in [5, 5.41) is 15.1. The van der Waals surface area contributed by atoms with E-state index in [1.165, 1.54) is 36.4 Å². The zero-order valence-corrected chi connectivity index (χ0v) is 14.9. The average Bonchev–Trinajstić information content (AvgIpc) is 2.64. The zero-order chi connectivity index (χ0) is 20.3. The molecule has 4 amide bonds. The third-order valence-corrected chi connectivity index (χ3v) is 3.97. The van der Waals surface area contributed by atoms with Crippen LogP contribution in [-0.4, -0.2) is 22.8 Å². The van der Waals surface area contributed by atoms with Crippen molar-refractivity contribution in [3.63, 3.8) is 0 Å². The minimum absolute atomic E-state index is 0.0103. The number of nitrogens with one attached hydrogen (secondary N) is 2. The van der Waals surface area contributed by atoms with E-state index in [2.05, 4.69) is 0 Å². The highest BCUT2D eigenvalue weighted by Gasteiger charge is 2.28. The largest absolute Gasteiger partial charge is 0.488 e. The Kier molecular flexibility index (Phi) is 5.37. The Hall–Kier alpha value is -3.72. The van der Waals surface area contributed by atoms with Crippen molar-refractivity contribution < 1.29 is 24.0 Å². The van der Waals surface area contributed by atoms with Crippen molar-refractivity contribution in [3.8, 4) is 5.75 Å². The molecule has 0 unspecified atom stereocenters. The van der Waals surface area contributed by atoms with Crippen LogP contribution in [0.15, 0.2) is 48.0 Å². The van der Waals surface area contributed by atoms with E-state index >= 15 is 0 Å². The molecule has 142 valence electrons. The fourth-order valence-corrected chi connectivity index (χ4v) is 2.63. The number of carbonyl (C=O) groups is 3. The number of hydrogen-bond donors (Lipinski definition) is 2. The summed E-state index contributed by atoms with van der Waals surface area (Å²) in [4.78, 5) is 45.3. The Morgan fingerprint density at radius 2 is 1.79 bits per heavy atom. The van der Waals surface area contributed by atoms with Crippen molar-refractivity contribution in [1.29, 1.82) is 0 Å². The first-order valence-electron chi connectivity index (χ1n) is 7.87. The molecule has 1 heterocycles. The average molecular weight is 402 g/mol. The Balaban J connectivity index is 1.87. The normalized spacial score (nSPS) is 13.6. The van der Waals surface area contributed by atoms with E-state index in [9.17, 15) is 24.5 Å². The fourth-order valence-electron chi connectivity index (χ4n) is 2.45. The summed E-state index contributed by atoms with van der Waals surface area (Å²) in [5.74, 6) is -1.40. The van der Waals surface area contributed by atoms with E-state index in [4.69, 9.17) is 16.3 Å². The molecule has 0 bridgehead atoms. The number of carbonyl (C=O) groups excluding carboxylic acids is 3. The molecule has 0 atom stereocenters. The summed E-state index contributed by atoms with van der Waals surface area (Å²) < 4.78 is 5.69. The Bertz CT molecular complexity index is 1010. The van der Waals surface area contributed by atoms with Gasteiger partial charge in [0.2, 0.25) is 0 Å². The van der Waals surface area contributed by atoms with Crippen LogP contribution < -0.4 is 15.4 Å². The van der Waals surface area contributed by atoms with Crippen molar-refractivity contribution in [3.05, 3.63) is 74.3 Å². The Morgan fingerprint density at radius 1 is 1.07 bits per heavy atom. The van der Waals surface area contributed by atoms with Gasteiger partial charge < -0.3 is 4.74 Å². The molecule has 1 aliphatic heterocycles. The van der Waals surface area contributed by atoms with Gasteiger partial charge in [0.1, 0.15) is 17.9 Å². The zero-order valence-electron chi connectivity index (χ0n) is 14.1. The molecule has 0 radical (unpaired) electrons. The number of nitro benzene ring substituents is 1. The molecule has 28 heavy (non-hydrogen) atoms. The molecule has 2 N–H and O–H groups in total. The minimum atomic E-state index is -0.902. The molecule has 2 aromatic rings. The molecular weight excluding hydrogens is 390 g/mol. The number of ether oxygens (including phenoxy) is 1. The van der Waals surface area contributed by atoms with E-state index in [1.807, 2.05) is 10.6 Å². The van der Waals surface area contributed by atoms with Gasteiger partial charge in [-0.1, -0.05) is 23.7 Å². The summed E-state index contributed by atoms with van der Waals surface area (Å²) in [5.41, 5.74) is 0.524. The quantitative estimate of drug-likeness (QED) is 0.343. The Labute approximate surface area is 163 Å². The molecule has 3 rings (SSSR count). The van der Waals surface area contributed by atoms with Crippen LogP contribution >= 0.6 is 11.6 Å². The predicted molar refractivity (Wildman–Crippen MR) is 98.5 cm³/mol. The molecule has 0 aromatic heterocycles. The topological polar surface area (TPSA) is 128 Å². The highest BCUT2D eigenvalue weighted by atomic mass is 35.5. The lowest BCUT2D eigenvalue weighted by Gasteiger charge is -2.15. The van der Waals surface area contributed by atoms with Crippen molar-refractivity contribution in [1.82, 2.24) is 10.6 Å². The van der Waals surface area contributed by atoms with Crippen LogP contribution in [0.1, 0.15) is 11.1 Å². The van der Waals surface area contributed by atoms with Crippen molar-refractivity contribution in [2.24, 2.45) is 0 Å². The monoisotopic (exact) mass is 401 g/mol. The first-order valence-corrected chi connectivity index (χ1v) is 8.25. The van der Waals surface area contributed by atoms with Crippen molar-refractivity contribution in [2.75, 3.05) is 0 Å². The number of imide groups is 2. The second-order valence-corrected chi connectivity index (χ2v) is 6.13. The highest BCUT2D eigenvalue weighted by Crippen LogP contribution is 2.27.